The minimum Gasteiger partial charge on any atom is -0.494 e. The first-order chi connectivity index (χ1) is 19.3. The summed E-state index contributed by atoms with van der Waals surface area (Å²) >= 11 is 0. The molecule has 0 spiro atoms. The summed E-state index contributed by atoms with van der Waals surface area (Å²) < 4.78 is 11.7. The number of hydrogen-bond donors (Lipinski definition) is 0. The molecule has 2 unspecified atom stereocenters. The number of ether oxygens (including phenoxy) is 2. The van der Waals surface area contributed by atoms with Gasteiger partial charge in [-0.05, 0) is 59.4 Å². The number of unbranched alkanes of at least 4 members (excludes halogenated alkanes) is 2. The lowest BCUT2D eigenvalue weighted by Gasteiger charge is -2.21. The molecule has 0 heterocycles. The van der Waals surface area contributed by atoms with E-state index in [2.05, 4.69) is 13.8 Å². The molecule has 4 rings (SSSR count). The Morgan fingerprint density at radius 2 is 0.821 bits per heavy atom. The highest BCUT2D eigenvalue weighted by Gasteiger charge is 2.21. The van der Waals surface area contributed by atoms with Gasteiger partial charge in [0, 0.05) is 0 Å². The van der Waals surface area contributed by atoms with Gasteiger partial charge in [-0.1, -0.05) is 117 Å². The van der Waals surface area contributed by atoms with E-state index in [0.717, 1.165) is 59.4 Å². The van der Waals surface area contributed by atoms with Gasteiger partial charge in [0.15, 0.2) is 0 Å². The van der Waals surface area contributed by atoms with Gasteiger partial charge in [-0.3, -0.25) is 0 Å². The Kier molecular flexibility index (Phi) is 11.4. The summed E-state index contributed by atoms with van der Waals surface area (Å²) in [4.78, 5) is 11.9. The van der Waals surface area contributed by atoms with Crippen LogP contribution >= 0.6 is 0 Å². The molecule has 0 aliphatic carbocycles. The number of hydrogen-bond acceptors (Lipinski definition) is 5. The lowest BCUT2D eigenvalue weighted by Crippen LogP contribution is -2.12. The maximum absolute atomic E-state index is 5.93. The van der Waals surface area contributed by atoms with Gasteiger partial charge in [0.05, 0.1) is 13.2 Å². The van der Waals surface area contributed by atoms with Gasteiger partial charge >= 0.3 is 0 Å². The number of benzene rings is 4. The first kappa shape index (κ1) is 28.4. The summed E-state index contributed by atoms with van der Waals surface area (Å²) in [6, 6.07) is 35.7. The molecule has 0 amide bonds. The Balaban J connectivity index is 1.48. The topological polar surface area (TPSA) is 46.2 Å². The van der Waals surface area contributed by atoms with Crippen molar-refractivity contribution >= 4 is 0 Å². The normalized spacial score (nSPS) is 12.6. The standard InChI is InChI=1S/C34H38O5/c1-3-5-25-35-31-21-17-29(18-22-31)33(27-13-9-7-10-14-27)37-39-38-34(28-15-11-8-12-16-28)30-19-23-32(24-20-30)36-26-6-4-2/h7-24,33-34H,3-6,25-26H2,1-2H3. The summed E-state index contributed by atoms with van der Waals surface area (Å²) in [6.45, 7) is 5.71. The molecular weight excluding hydrogens is 488 g/mol. The van der Waals surface area contributed by atoms with Gasteiger partial charge in [-0.2, -0.15) is 9.78 Å². The molecule has 0 bridgehead atoms. The third-order valence-electron chi connectivity index (χ3n) is 6.37. The van der Waals surface area contributed by atoms with Gasteiger partial charge in [-0.15, -0.1) is 0 Å². The van der Waals surface area contributed by atoms with Gasteiger partial charge < -0.3 is 9.47 Å². The van der Waals surface area contributed by atoms with E-state index in [1.165, 1.54) is 0 Å². The second-order valence-corrected chi connectivity index (χ2v) is 9.38. The second kappa shape index (κ2) is 15.7. The van der Waals surface area contributed by atoms with Crippen molar-refractivity contribution in [2.75, 3.05) is 13.2 Å². The van der Waals surface area contributed by atoms with Crippen LogP contribution in [-0.4, -0.2) is 13.2 Å². The fraction of sp³-hybridized carbons (Fsp3) is 0.294. The molecule has 39 heavy (non-hydrogen) atoms. The molecule has 0 radical (unpaired) electrons. The molecule has 4 aromatic rings. The molecule has 0 aliphatic rings. The zero-order valence-corrected chi connectivity index (χ0v) is 22.8. The predicted octanol–water partition coefficient (Wildman–Crippen LogP) is 8.80. The average molecular weight is 527 g/mol. The summed E-state index contributed by atoms with van der Waals surface area (Å²) in [5.74, 6) is 1.67. The van der Waals surface area contributed by atoms with Crippen LogP contribution in [0, 0.1) is 0 Å². The van der Waals surface area contributed by atoms with Crippen molar-refractivity contribution in [2.24, 2.45) is 0 Å². The van der Waals surface area contributed by atoms with Crippen molar-refractivity contribution in [1.82, 2.24) is 0 Å². The quantitative estimate of drug-likeness (QED) is 0.0829. The highest BCUT2D eigenvalue weighted by atomic mass is 17.5. The van der Waals surface area contributed by atoms with Crippen LogP contribution < -0.4 is 9.47 Å². The predicted molar refractivity (Wildman–Crippen MR) is 154 cm³/mol. The lowest BCUT2D eigenvalue weighted by molar-refractivity contribution is -0.536. The highest BCUT2D eigenvalue weighted by Crippen LogP contribution is 2.31. The molecule has 0 fully saturated rings. The van der Waals surface area contributed by atoms with E-state index < -0.39 is 12.2 Å². The van der Waals surface area contributed by atoms with Crippen molar-refractivity contribution in [2.45, 2.75) is 51.7 Å². The third kappa shape index (κ3) is 8.69. The molecule has 0 aromatic heterocycles. The van der Waals surface area contributed by atoms with Crippen LogP contribution in [0.5, 0.6) is 11.5 Å². The molecule has 5 nitrogen and oxygen atoms in total. The lowest BCUT2D eigenvalue weighted by atomic mass is 10.0. The molecule has 0 saturated heterocycles. The Labute approximate surface area is 232 Å². The van der Waals surface area contributed by atoms with Gasteiger partial charge in [0.25, 0.3) is 0 Å². The van der Waals surface area contributed by atoms with Crippen LogP contribution in [0.1, 0.15) is 74.0 Å². The first-order valence-electron chi connectivity index (χ1n) is 13.8. The average Bonchev–Trinajstić information content (AvgIpc) is 2.99. The van der Waals surface area contributed by atoms with E-state index in [1.807, 2.05) is 109 Å². The smallest absolute Gasteiger partial charge is 0.146 e. The molecule has 2 atom stereocenters. The van der Waals surface area contributed by atoms with E-state index in [0.29, 0.717) is 13.2 Å². The summed E-state index contributed by atoms with van der Waals surface area (Å²) in [6.07, 6.45) is 3.28. The summed E-state index contributed by atoms with van der Waals surface area (Å²) in [5, 5.41) is 5.53. The molecule has 0 saturated carbocycles. The molecule has 0 N–H and O–H groups in total. The van der Waals surface area contributed by atoms with Crippen molar-refractivity contribution in [1.29, 1.82) is 0 Å². The largest absolute Gasteiger partial charge is 0.494 e. The Hall–Kier alpha value is -3.64. The SMILES string of the molecule is CCCCOc1ccc(C(OOOC(c2ccccc2)c2ccc(OCCCC)cc2)c2ccccc2)cc1. The van der Waals surface area contributed by atoms with Crippen molar-refractivity contribution in [3.63, 3.8) is 0 Å². The molecule has 5 heteroatoms. The molecule has 204 valence electrons. The van der Waals surface area contributed by atoms with Crippen LogP contribution in [0.2, 0.25) is 0 Å². The number of rotatable bonds is 16. The molecular formula is C34H38O5. The van der Waals surface area contributed by atoms with E-state index in [-0.39, 0.29) is 0 Å². The first-order valence-corrected chi connectivity index (χ1v) is 13.8. The van der Waals surface area contributed by atoms with Crippen molar-refractivity contribution in [3.8, 4) is 11.5 Å². The molecule has 4 aromatic carbocycles. The van der Waals surface area contributed by atoms with E-state index in [4.69, 9.17) is 24.3 Å². The van der Waals surface area contributed by atoms with Crippen molar-refractivity contribution in [3.05, 3.63) is 131 Å². The van der Waals surface area contributed by atoms with E-state index in [1.54, 1.807) is 0 Å². The molecule has 0 aliphatic heterocycles. The fourth-order valence-electron chi connectivity index (χ4n) is 4.11. The Bertz CT molecular complexity index is 1100. The minimum atomic E-state index is -0.485. The second-order valence-electron chi connectivity index (χ2n) is 9.38. The van der Waals surface area contributed by atoms with Gasteiger partial charge in [0.1, 0.15) is 23.7 Å². The van der Waals surface area contributed by atoms with Crippen LogP contribution in [0.15, 0.2) is 109 Å². The maximum atomic E-state index is 5.93. The van der Waals surface area contributed by atoms with Crippen LogP contribution in [-0.2, 0) is 14.8 Å². The fourth-order valence-corrected chi connectivity index (χ4v) is 4.11. The summed E-state index contributed by atoms with van der Waals surface area (Å²) in [5.41, 5.74) is 3.76. The minimum absolute atomic E-state index is 0.485. The zero-order valence-electron chi connectivity index (χ0n) is 22.8. The van der Waals surface area contributed by atoms with Crippen LogP contribution in [0.25, 0.3) is 0 Å². The highest BCUT2D eigenvalue weighted by molar-refractivity contribution is 5.35. The third-order valence-corrected chi connectivity index (χ3v) is 6.37. The monoisotopic (exact) mass is 526 g/mol. The van der Waals surface area contributed by atoms with Gasteiger partial charge in [-0.25, -0.2) is 0 Å². The van der Waals surface area contributed by atoms with E-state index >= 15 is 0 Å². The van der Waals surface area contributed by atoms with Gasteiger partial charge in [0.2, 0.25) is 0 Å². The van der Waals surface area contributed by atoms with Crippen LogP contribution in [0.4, 0.5) is 0 Å². The van der Waals surface area contributed by atoms with Crippen molar-refractivity contribution < 1.29 is 24.3 Å². The maximum Gasteiger partial charge on any atom is 0.146 e. The zero-order chi connectivity index (χ0) is 27.1. The van der Waals surface area contributed by atoms with Crippen LogP contribution in [0.3, 0.4) is 0 Å². The summed E-state index contributed by atoms with van der Waals surface area (Å²) in [7, 11) is 0. The Morgan fingerprint density at radius 1 is 0.462 bits per heavy atom. The Morgan fingerprint density at radius 3 is 1.18 bits per heavy atom. The van der Waals surface area contributed by atoms with E-state index in [9.17, 15) is 0 Å².